The lowest BCUT2D eigenvalue weighted by Gasteiger charge is -2.19. The number of carbonyl (C=O) groups excluding carboxylic acids is 2. The number of hydrogen-bond acceptors (Lipinski definition) is 5. The van der Waals surface area contributed by atoms with Crippen molar-refractivity contribution in [2.45, 2.75) is 45.3 Å². The maximum atomic E-state index is 12.9. The Labute approximate surface area is 224 Å². The molecule has 2 aromatic carbocycles. The highest BCUT2D eigenvalue weighted by molar-refractivity contribution is 5.98. The predicted molar refractivity (Wildman–Crippen MR) is 141 cm³/mol. The highest BCUT2D eigenvalue weighted by atomic mass is 19.4. The van der Waals surface area contributed by atoms with E-state index in [2.05, 4.69) is 22.3 Å². The zero-order chi connectivity index (χ0) is 28.0. The average Bonchev–Trinajstić information content (AvgIpc) is 3.34. The minimum Gasteiger partial charge on any atom is -0.466 e. The molecule has 4 rings (SSSR count). The Hall–Kier alpha value is -4.21. The van der Waals surface area contributed by atoms with Crippen LogP contribution in [0.3, 0.4) is 0 Å². The number of carbonyl (C=O) groups is 2. The summed E-state index contributed by atoms with van der Waals surface area (Å²) in [6.45, 7) is 4.29. The van der Waals surface area contributed by atoms with Gasteiger partial charge >= 0.3 is 12.1 Å². The second-order valence-corrected chi connectivity index (χ2v) is 9.03. The smallest absolute Gasteiger partial charge is 0.417 e. The van der Waals surface area contributed by atoms with Gasteiger partial charge in [0.25, 0.3) is 5.91 Å². The quantitative estimate of drug-likeness (QED) is 0.243. The van der Waals surface area contributed by atoms with E-state index in [0.717, 1.165) is 41.6 Å². The third-order valence-corrected chi connectivity index (χ3v) is 6.32. The second-order valence-electron chi connectivity index (χ2n) is 9.03. The van der Waals surface area contributed by atoms with Crippen LogP contribution in [0.1, 0.15) is 60.6 Å². The monoisotopic (exact) mass is 538 g/mol. The molecule has 0 aliphatic heterocycles. The first-order chi connectivity index (χ1) is 18.7. The molecular formula is C29H29F3N4O3. The molecule has 1 N–H and O–H groups in total. The number of benzene rings is 2. The molecule has 0 radical (unpaired) electrons. The first-order valence-electron chi connectivity index (χ1n) is 12.8. The molecule has 1 unspecified atom stereocenters. The summed E-state index contributed by atoms with van der Waals surface area (Å²) >= 11 is 0. The number of aromatic nitrogens is 3. The molecule has 7 nitrogen and oxygen atoms in total. The molecule has 2 aromatic heterocycles. The number of ether oxygens (including phenoxy) is 1. The highest BCUT2D eigenvalue weighted by Gasteiger charge is 2.30. The molecule has 10 heteroatoms. The molecule has 0 spiro atoms. The summed E-state index contributed by atoms with van der Waals surface area (Å²) in [5, 5.41) is 8.15. The second kappa shape index (κ2) is 12.1. The number of nitrogens with one attached hydrogen (secondary N) is 1. The van der Waals surface area contributed by atoms with E-state index in [0.29, 0.717) is 23.4 Å². The summed E-state index contributed by atoms with van der Waals surface area (Å²) < 4.78 is 45.4. The van der Waals surface area contributed by atoms with Crippen molar-refractivity contribution in [1.29, 1.82) is 0 Å². The van der Waals surface area contributed by atoms with Crippen molar-refractivity contribution in [3.8, 4) is 11.3 Å². The topological polar surface area (TPSA) is 86.1 Å². The van der Waals surface area contributed by atoms with E-state index in [1.807, 2.05) is 35.0 Å². The van der Waals surface area contributed by atoms with Crippen molar-refractivity contribution in [2.75, 3.05) is 13.2 Å². The molecule has 1 atom stereocenters. The Morgan fingerprint density at radius 3 is 2.44 bits per heavy atom. The fourth-order valence-electron chi connectivity index (χ4n) is 4.37. The molecule has 0 aliphatic rings. The molecule has 39 heavy (non-hydrogen) atoms. The van der Waals surface area contributed by atoms with E-state index in [1.54, 1.807) is 25.3 Å². The van der Waals surface area contributed by atoms with Crippen LogP contribution in [-0.4, -0.2) is 39.8 Å². The Morgan fingerprint density at radius 1 is 1.03 bits per heavy atom. The third-order valence-electron chi connectivity index (χ3n) is 6.32. The zero-order valence-electron chi connectivity index (χ0n) is 21.7. The molecule has 0 aliphatic carbocycles. The van der Waals surface area contributed by atoms with E-state index in [9.17, 15) is 22.8 Å². The molecule has 204 valence electrons. The lowest BCUT2D eigenvalue weighted by atomic mass is 9.99. The Balaban J connectivity index is 1.52. The predicted octanol–water partition coefficient (Wildman–Crippen LogP) is 6.19. The summed E-state index contributed by atoms with van der Waals surface area (Å²) in [6.07, 6.45) is -0.0576. The Kier molecular flexibility index (Phi) is 8.63. The third kappa shape index (κ3) is 6.63. The van der Waals surface area contributed by atoms with Gasteiger partial charge in [0.2, 0.25) is 0 Å². The fraction of sp³-hybridized carbons (Fsp3) is 0.310. The average molecular weight is 539 g/mol. The van der Waals surface area contributed by atoms with Crippen LogP contribution in [0.15, 0.2) is 67.0 Å². The van der Waals surface area contributed by atoms with Crippen LogP contribution in [-0.2, 0) is 15.7 Å². The van der Waals surface area contributed by atoms with E-state index in [1.165, 1.54) is 6.07 Å². The minimum atomic E-state index is -4.43. The van der Waals surface area contributed by atoms with Crippen LogP contribution in [0.25, 0.3) is 22.2 Å². The van der Waals surface area contributed by atoms with Crippen molar-refractivity contribution in [1.82, 2.24) is 20.1 Å². The number of esters is 1. The van der Waals surface area contributed by atoms with Crippen LogP contribution in [0, 0.1) is 0 Å². The van der Waals surface area contributed by atoms with Gasteiger partial charge in [-0.2, -0.15) is 18.3 Å². The standard InChI is InChI=1S/C29H29F3N4O3/c1-3-5-25(20-8-6-19(7-9-20)24-12-11-23(18-34-24)29(30,31)32)36-26-13-10-21(16-22(26)17-35-36)28(38)33-15-14-27(37)39-4-2/h6-13,16-18,25H,3-5,14-15H2,1-2H3,(H,33,38). The highest BCUT2D eigenvalue weighted by Crippen LogP contribution is 2.31. The molecule has 0 saturated carbocycles. The van der Waals surface area contributed by atoms with Gasteiger partial charge in [0.05, 0.1) is 42.0 Å². The van der Waals surface area contributed by atoms with E-state index in [4.69, 9.17) is 4.74 Å². The maximum absolute atomic E-state index is 12.9. The zero-order valence-corrected chi connectivity index (χ0v) is 21.7. The van der Waals surface area contributed by atoms with Crippen LogP contribution >= 0.6 is 0 Å². The number of rotatable bonds is 10. The molecule has 0 saturated heterocycles. The lowest BCUT2D eigenvalue weighted by molar-refractivity contribution is -0.143. The van der Waals surface area contributed by atoms with Gasteiger partial charge in [-0.1, -0.05) is 37.6 Å². The van der Waals surface area contributed by atoms with Crippen molar-refractivity contribution in [3.63, 3.8) is 0 Å². The van der Waals surface area contributed by atoms with Gasteiger partial charge in [-0.25, -0.2) is 0 Å². The van der Waals surface area contributed by atoms with Gasteiger partial charge in [0.15, 0.2) is 0 Å². The fourth-order valence-corrected chi connectivity index (χ4v) is 4.37. The first-order valence-corrected chi connectivity index (χ1v) is 12.8. The van der Waals surface area contributed by atoms with Gasteiger partial charge < -0.3 is 10.1 Å². The first kappa shape index (κ1) is 27.8. The maximum Gasteiger partial charge on any atom is 0.417 e. The van der Waals surface area contributed by atoms with Crippen LogP contribution in [0.4, 0.5) is 13.2 Å². The summed E-state index contributed by atoms with van der Waals surface area (Å²) in [5.41, 5.74) is 2.72. The Bertz CT molecular complexity index is 1430. The lowest BCUT2D eigenvalue weighted by Crippen LogP contribution is -2.26. The summed E-state index contributed by atoms with van der Waals surface area (Å²) in [5.74, 6) is -0.647. The normalized spacial score (nSPS) is 12.3. The van der Waals surface area contributed by atoms with Crippen LogP contribution in [0.2, 0.25) is 0 Å². The number of alkyl halides is 3. The van der Waals surface area contributed by atoms with Gasteiger partial charge in [-0.15, -0.1) is 0 Å². The SMILES string of the molecule is CCCC(c1ccc(-c2ccc(C(F)(F)F)cn2)cc1)n1ncc2cc(C(=O)NCCC(=O)OCC)ccc21. The summed E-state index contributed by atoms with van der Waals surface area (Å²) in [7, 11) is 0. The molecule has 1 amide bonds. The largest absolute Gasteiger partial charge is 0.466 e. The van der Waals surface area contributed by atoms with Gasteiger partial charge in [-0.05, 0) is 49.2 Å². The van der Waals surface area contributed by atoms with Crippen molar-refractivity contribution in [3.05, 3.63) is 83.7 Å². The van der Waals surface area contributed by atoms with Gasteiger partial charge in [0, 0.05) is 29.3 Å². The van der Waals surface area contributed by atoms with Gasteiger partial charge in [-0.3, -0.25) is 19.3 Å². The Morgan fingerprint density at radius 2 is 1.79 bits per heavy atom. The van der Waals surface area contributed by atoms with E-state index in [-0.39, 0.29) is 30.9 Å². The number of halogens is 3. The molecular weight excluding hydrogens is 509 g/mol. The summed E-state index contributed by atoms with van der Waals surface area (Å²) in [6, 6.07) is 15.2. The minimum absolute atomic E-state index is 0.0774. The van der Waals surface area contributed by atoms with Crippen molar-refractivity contribution >= 4 is 22.8 Å². The van der Waals surface area contributed by atoms with E-state index >= 15 is 0 Å². The van der Waals surface area contributed by atoms with Crippen LogP contribution < -0.4 is 5.32 Å². The number of pyridine rings is 1. The number of nitrogens with zero attached hydrogens (tertiary/aromatic N) is 3. The molecule has 0 bridgehead atoms. The van der Waals surface area contributed by atoms with Crippen molar-refractivity contribution in [2.24, 2.45) is 0 Å². The molecule has 4 aromatic rings. The summed E-state index contributed by atoms with van der Waals surface area (Å²) in [4.78, 5) is 28.0. The van der Waals surface area contributed by atoms with Gasteiger partial charge in [0.1, 0.15) is 0 Å². The molecule has 2 heterocycles. The van der Waals surface area contributed by atoms with Crippen molar-refractivity contribution < 1.29 is 27.5 Å². The van der Waals surface area contributed by atoms with E-state index < -0.39 is 11.7 Å². The number of amides is 1. The number of hydrogen-bond donors (Lipinski definition) is 1. The molecule has 0 fully saturated rings. The number of fused-ring (bicyclic) bond motifs is 1. The van der Waals surface area contributed by atoms with Crippen LogP contribution in [0.5, 0.6) is 0 Å².